The third-order valence-electron chi connectivity index (χ3n) is 3.74. The van der Waals surface area contributed by atoms with E-state index in [4.69, 9.17) is 9.47 Å². The number of hydrogen-bond donors (Lipinski definition) is 2. The monoisotopic (exact) mass is 420 g/mol. The molecule has 0 heterocycles. The molecule has 2 aromatic rings. The molecule has 0 aliphatic carbocycles. The normalized spacial score (nSPS) is 10.8. The number of nitrogens with one attached hydrogen (secondary N) is 2. The smallest absolute Gasteiger partial charge is 0.340 e. The zero-order valence-corrected chi connectivity index (χ0v) is 17.1. The van der Waals surface area contributed by atoms with Crippen LogP contribution in [0.3, 0.4) is 0 Å². The van der Waals surface area contributed by atoms with Gasteiger partial charge in [-0.3, -0.25) is 9.52 Å². The van der Waals surface area contributed by atoms with Crippen molar-refractivity contribution in [3.05, 3.63) is 54.1 Å². The molecular weight excluding hydrogens is 396 g/mol. The van der Waals surface area contributed by atoms with Gasteiger partial charge in [-0.15, -0.1) is 0 Å². The molecule has 2 aromatic carbocycles. The lowest BCUT2D eigenvalue weighted by Crippen LogP contribution is -2.29. The summed E-state index contributed by atoms with van der Waals surface area (Å²) >= 11 is 0. The summed E-state index contributed by atoms with van der Waals surface area (Å²) in [5, 5.41) is 2.59. The first kappa shape index (κ1) is 22.2. The summed E-state index contributed by atoms with van der Waals surface area (Å²) in [6.07, 6.45) is 0.760. The molecule has 9 heteroatoms. The highest BCUT2D eigenvalue weighted by atomic mass is 32.2. The van der Waals surface area contributed by atoms with Crippen molar-refractivity contribution in [2.75, 3.05) is 24.5 Å². The SMILES string of the molecule is CCCNC(=O)COC(=O)c1ccccc1NS(=O)(=O)c1ccc(OCC)cc1. The minimum atomic E-state index is -3.94. The van der Waals surface area contributed by atoms with Crippen molar-refractivity contribution in [3.8, 4) is 5.75 Å². The minimum Gasteiger partial charge on any atom is -0.494 e. The van der Waals surface area contributed by atoms with Crippen LogP contribution in [0.5, 0.6) is 5.75 Å². The van der Waals surface area contributed by atoms with Crippen molar-refractivity contribution in [2.24, 2.45) is 0 Å². The maximum Gasteiger partial charge on any atom is 0.340 e. The van der Waals surface area contributed by atoms with E-state index in [2.05, 4.69) is 10.0 Å². The lowest BCUT2D eigenvalue weighted by atomic mass is 10.2. The first-order valence-electron chi connectivity index (χ1n) is 9.16. The minimum absolute atomic E-state index is 0.00491. The Bertz CT molecular complexity index is 942. The number of rotatable bonds is 10. The van der Waals surface area contributed by atoms with E-state index < -0.39 is 28.5 Å². The molecule has 0 unspecified atom stereocenters. The van der Waals surface area contributed by atoms with Gasteiger partial charge in [0.2, 0.25) is 0 Å². The first-order valence-corrected chi connectivity index (χ1v) is 10.6. The highest BCUT2D eigenvalue weighted by molar-refractivity contribution is 7.92. The average molecular weight is 420 g/mol. The quantitative estimate of drug-likeness (QED) is 0.572. The molecule has 0 fully saturated rings. The zero-order valence-electron chi connectivity index (χ0n) is 16.3. The van der Waals surface area contributed by atoms with Gasteiger partial charge in [0.1, 0.15) is 5.75 Å². The topological polar surface area (TPSA) is 111 Å². The van der Waals surface area contributed by atoms with Gasteiger partial charge >= 0.3 is 5.97 Å². The molecule has 1 amide bonds. The molecular formula is C20H24N2O6S. The second-order valence-electron chi connectivity index (χ2n) is 5.98. The molecule has 2 N–H and O–H groups in total. The summed E-state index contributed by atoms with van der Waals surface area (Å²) in [7, 11) is -3.94. The number of anilines is 1. The van der Waals surface area contributed by atoms with Crippen LogP contribution < -0.4 is 14.8 Å². The molecule has 0 aromatic heterocycles. The van der Waals surface area contributed by atoms with Gasteiger partial charge in [-0.2, -0.15) is 0 Å². The number of carbonyl (C=O) groups excluding carboxylic acids is 2. The van der Waals surface area contributed by atoms with Crippen molar-refractivity contribution in [1.29, 1.82) is 0 Å². The molecule has 0 aliphatic rings. The molecule has 0 aliphatic heterocycles. The number of esters is 1. The van der Waals surface area contributed by atoms with Crippen LogP contribution in [-0.4, -0.2) is 40.1 Å². The van der Waals surface area contributed by atoms with Crippen LogP contribution in [0.4, 0.5) is 5.69 Å². The van der Waals surface area contributed by atoms with Gasteiger partial charge in [0.25, 0.3) is 15.9 Å². The maximum atomic E-state index is 12.7. The predicted molar refractivity (Wildman–Crippen MR) is 108 cm³/mol. The molecule has 0 bridgehead atoms. The first-order chi connectivity index (χ1) is 13.9. The number of sulfonamides is 1. The molecule has 156 valence electrons. The summed E-state index contributed by atoms with van der Waals surface area (Å²) in [4.78, 5) is 23.9. The molecule has 0 saturated carbocycles. The number of amides is 1. The Morgan fingerprint density at radius 1 is 1.00 bits per heavy atom. The van der Waals surface area contributed by atoms with Gasteiger partial charge in [0, 0.05) is 6.54 Å². The van der Waals surface area contributed by atoms with Crippen LogP contribution in [0.1, 0.15) is 30.6 Å². The molecule has 0 spiro atoms. The van der Waals surface area contributed by atoms with Gasteiger partial charge in [-0.1, -0.05) is 19.1 Å². The van der Waals surface area contributed by atoms with Gasteiger partial charge in [-0.25, -0.2) is 13.2 Å². The number of ether oxygens (including phenoxy) is 2. The average Bonchev–Trinajstić information content (AvgIpc) is 2.71. The van der Waals surface area contributed by atoms with E-state index in [0.29, 0.717) is 18.9 Å². The van der Waals surface area contributed by atoms with Crippen LogP contribution in [-0.2, 0) is 19.6 Å². The molecule has 0 radical (unpaired) electrons. The fourth-order valence-electron chi connectivity index (χ4n) is 2.36. The summed E-state index contributed by atoms with van der Waals surface area (Å²) in [6.45, 7) is 4.23. The largest absolute Gasteiger partial charge is 0.494 e. The van der Waals surface area contributed by atoms with Crippen molar-refractivity contribution in [1.82, 2.24) is 5.32 Å². The van der Waals surface area contributed by atoms with Crippen LogP contribution in [0, 0.1) is 0 Å². The van der Waals surface area contributed by atoms with Crippen LogP contribution in [0.2, 0.25) is 0 Å². The van der Waals surface area contributed by atoms with Crippen LogP contribution in [0.15, 0.2) is 53.4 Å². The fourth-order valence-corrected chi connectivity index (χ4v) is 3.44. The molecule has 29 heavy (non-hydrogen) atoms. The summed E-state index contributed by atoms with van der Waals surface area (Å²) in [6, 6.07) is 11.9. The lowest BCUT2D eigenvalue weighted by Gasteiger charge is -2.13. The Kier molecular flexibility index (Phi) is 8.02. The number of carbonyl (C=O) groups is 2. The van der Waals surface area contributed by atoms with E-state index in [-0.39, 0.29) is 16.1 Å². The van der Waals surface area contributed by atoms with Crippen molar-refractivity contribution < 1.29 is 27.5 Å². The van der Waals surface area contributed by atoms with E-state index in [0.717, 1.165) is 6.42 Å². The van der Waals surface area contributed by atoms with Crippen molar-refractivity contribution >= 4 is 27.6 Å². The third kappa shape index (κ3) is 6.49. The maximum absolute atomic E-state index is 12.7. The summed E-state index contributed by atoms with van der Waals surface area (Å²) in [5.74, 6) is -0.675. The highest BCUT2D eigenvalue weighted by Gasteiger charge is 2.20. The molecule has 0 atom stereocenters. The summed E-state index contributed by atoms with van der Waals surface area (Å²) < 4.78 is 38.0. The standard InChI is InChI=1S/C20H24N2O6S/c1-3-13-21-19(23)14-28-20(24)17-7-5-6-8-18(17)22-29(25,26)16-11-9-15(10-12-16)27-4-2/h5-12,22H,3-4,13-14H2,1-2H3,(H,21,23). The number of benzene rings is 2. The number of hydrogen-bond acceptors (Lipinski definition) is 6. The Hall–Kier alpha value is -3.07. The van der Waals surface area contributed by atoms with Gasteiger partial charge in [0.05, 0.1) is 22.8 Å². The van der Waals surface area contributed by atoms with E-state index in [1.54, 1.807) is 24.3 Å². The van der Waals surface area contributed by atoms with Gasteiger partial charge in [0.15, 0.2) is 6.61 Å². The van der Waals surface area contributed by atoms with E-state index in [1.807, 2.05) is 13.8 Å². The van der Waals surface area contributed by atoms with E-state index in [9.17, 15) is 18.0 Å². The van der Waals surface area contributed by atoms with Crippen LogP contribution in [0.25, 0.3) is 0 Å². The van der Waals surface area contributed by atoms with E-state index >= 15 is 0 Å². The Balaban J connectivity index is 2.13. The predicted octanol–water partition coefficient (Wildman–Crippen LogP) is 2.57. The molecule has 0 saturated heterocycles. The van der Waals surface area contributed by atoms with Crippen molar-refractivity contribution in [2.45, 2.75) is 25.2 Å². The Morgan fingerprint density at radius 2 is 1.69 bits per heavy atom. The van der Waals surface area contributed by atoms with Crippen molar-refractivity contribution in [3.63, 3.8) is 0 Å². The number of para-hydroxylation sites is 1. The van der Waals surface area contributed by atoms with Crippen LogP contribution >= 0.6 is 0 Å². The second kappa shape index (κ2) is 10.5. The Morgan fingerprint density at radius 3 is 2.34 bits per heavy atom. The highest BCUT2D eigenvalue weighted by Crippen LogP contribution is 2.22. The summed E-state index contributed by atoms with van der Waals surface area (Å²) in [5.41, 5.74) is 0.0608. The van der Waals surface area contributed by atoms with Gasteiger partial charge in [-0.05, 0) is 49.7 Å². The fraction of sp³-hybridized carbons (Fsp3) is 0.300. The third-order valence-corrected chi connectivity index (χ3v) is 5.12. The second-order valence-corrected chi connectivity index (χ2v) is 7.66. The van der Waals surface area contributed by atoms with Gasteiger partial charge < -0.3 is 14.8 Å². The van der Waals surface area contributed by atoms with E-state index in [1.165, 1.54) is 24.3 Å². The zero-order chi connectivity index (χ0) is 21.3. The molecule has 8 nitrogen and oxygen atoms in total. The molecule has 2 rings (SSSR count). The Labute approximate surface area is 170 Å². The lowest BCUT2D eigenvalue weighted by molar-refractivity contribution is -0.124.